The van der Waals surface area contributed by atoms with E-state index in [-0.39, 0.29) is 0 Å². The second-order valence-electron chi connectivity index (χ2n) is 6.27. The van der Waals surface area contributed by atoms with Crippen LogP contribution < -0.4 is 0 Å². The number of alkyl halides is 1. The van der Waals surface area contributed by atoms with Crippen LogP contribution in [0.5, 0.6) is 0 Å². The largest absolute Gasteiger partial charge is 0.390 e. The van der Waals surface area contributed by atoms with Crippen LogP contribution in [0.3, 0.4) is 0 Å². The molecule has 0 aromatic carbocycles. The third-order valence-corrected chi connectivity index (χ3v) is 4.64. The Bertz CT molecular complexity index is 257. The number of aliphatic hydroxyl groups excluding tert-OH is 1. The van der Waals surface area contributed by atoms with Crippen LogP contribution in [0.1, 0.15) is 39.0 Å². The van der Waals surface area contributed by atoms with Crippen molar-refractivity contribution in [1.82, 2.24) is 9.80 Å². The predicted octanol–water partition coefficient (Wildman–Crippen LogP) is 1.90. The normalized spacial score (nSPS) is 31.7. The van der Waals surface area contributed by atoms with E-state index in [1.54, 1.807) is 0 Å². The van der Waals surface area contributed by atoms with Crippen molar-refractivity contribution in [3.05, 3.63) is 0 Å². The fraction of sp³-hybridized carbons (Fsp3) is 1.00. The van der Waals surface area contributed by atoms with E-state index in [0.717, 1.165) is 19.0 Å². The van der Waals surface area contributed by atoms with Crippen LogP contribution in [0.15, 0.2) is 0 Å². The minimum Gasteiger partial charge on any atom is -0.390 e. The molecule has 0 aliphatic carbocycles. The smallest absolute Gasteiger partial charge is 0.138 e. The Labute approximate surface area is 116 Å². The summed E-state index contributed by atoms with van der Waals surface area (Å²) in [7, 11) is 0. The lowest BCUT2D eigenvalue weighted by molar-refractivity contribution is -0.00152. The lowest BCUT2D eigenvalue weighted by Gasteiger charge is -2.37. The maximum Gasteiger partial charge on any atom is 0.138 e. The van der Waals surface area contributed by atoms with E-state index in [1.807, 2.05) is 0 Å². The van der Waals surface area contributed by atoms with Crippen molar-refractivity contribution in [2.24, 2.45) is 5.92 Å². The van der Waals surface area contributed by atoms with Crippen LogP contribution in [-0.2, 0) is 0 Å². The number of halogens is 1. The highest BCUT2D eigenvalue weighted by Gasteiger charge is 2.29. The van der Waals surface area contributed by atoms with E-state index >= 15 is 0 Å². The summed E-state index contributed by atoms with van der Waals surface area (Å²) in [5.41, 5.74) is 0. The topological polar surface area (TPSA) is 26.7 Å². The molecule has 2 heterocycles. The van der Waals surface area contributed by atoms with Gasteiger partial charge in [0.15, 0.2) is 0 Å². The second-order valence-corrected chi connectivity index (χ2v) is 6.27. The monoisotopic (exact) mass is 272 g/mol. The summed E-state index contributed by atoms with van der Waals surface area (Å²) in [5, 5.41) is 9.41. The minimum absolute atomic E-state index is 0.428. The molecule has 2 rings (SSSR count). The third-order valence-electron chi connectivity index (χ3n) is 4.64. The summed E-state index contributed by atoms with van der Waals surface area (Å²) < 4.78 is 13.5. The van der Waals surface area contributed by atoms with Gasteiger partial charge < -0.3 is 10.0 Å². The number of piperidine rings is 2. The van der Waals surface area contributed by atoms with Crippen LogP contribution in [0.2, 0.25) is 0 Å². The van der Waals surface area contributed by atoms with Gasteiger partial charge >= 0.3 is 0 Å². The summed E-state index contributed by atoms with van der Waals surface area (Å²) >= 11 is 0. The minimum atomic E-state index is -1.04. The maximum absolute atomic E-state index is 13.5. The zero-order valence-electron chi connectivity index (χ0n) is 12.2. The molecule has 1 N–H and O–H groups in total. The number of likely N-dealkylation sites (tertiary alicyclic amines) is 2. The quantitative estimate of drug-likeness (QED) is 0.828. The van der Waals surface area contributed by atoms with Gasteiger partial charge in [-0.2, -0.15) is 0 Å². The molecule has 0 bridgehead atoms. The summed E-state index contributed by atoms with van der Waals surface area (Å²) in [4.78, 5) is 4.78. The molecule has 0 aromatic rings. The van der Waals surface area contributed by atoms with Gasteiger partial charge in [-0.3, -0.25) is 4.90 Å². The molecular weight excluding hydrogens is 243 g/mol. The van der Waals surface area contributed by atoms with Gasteiger partial charge in [-0.15, -0.1) is 0 Å². The first-order valence-corrected chi connectivity index (χ1v) is 7.96. The second kappa shape index (κ2) is 7.55. The molecule has 0 saturated carbocycles. The molecule has 2 atom stereocenters. The Morgan fingerprint density at radius 3 is 2.42 bits per heavy atom. The van der Waals surface area contributed by atoms with Gasteiger partial charge in [-0.1, -0.05) is 13.3 Å². The van der Waals surface area contributed by atoms with Gasteiger partial charge in [0.25, 0.3) is 0 Å². The van der Waals surface area contributed by atoms with Crippen molar-refractivity contribution < 1.29 is 9.50 Å². The number of aliphatic hydroxyl groups is 1. The summed E-state index contributed by atoms with van der Waals surface area (Å²) in [6.07, 6.45) is 3.90. The molecule has 2 fully saturated rings. The molecule has 0 aromatic heterocycles. The summed E-state index contributed by atoms with van der Waals surface area (Å²) in [5.74, 6) is 0.723. The van der Waals surface area contributed by atoms with Gasteiger partial charge in [-0.25, -0.2) is 4.39 Å². The Balaban J connectivity index is 1.65. The van der Waals surface area contributed by atoms with Gasteiger partial charge in [0.2, 0.25) is 0 Å². The van der Waals surface area contributed by atoms with Crippen LogP contribution in [0.25, 0.3) is 0 Å². The fourth-order valence-corrected chi connectivity index (χ4v) is 3.26. The first kappa shape index (κ1) is 15.2. The first-order chi connectivity index (χ1) is 9.19. The molecule has 4 heteroatoms. The van der Waals surface area contributed by atoms with E-state index in [0.29, 0.717) is 13.0 Å². The van der Waals surface area contributed by atoms with E-state index in [2.05, 4.69) is 16.7 Å². The molecular formula is C15H29FN2O. The maximum atomic E-state index is 13.5. The summed E-state index contributed by atoms with van der Waals surface area (Å²) in [6.45, 7) is 8.21. The van der Waals surface area contributed by atoms with E-state index in [1.165, 1.54) is 45.3 Å². The summed E-state index contributed by atoms with van der Waals surface area (Å²) in [6, 6.07) is 0. The van der Waals surface area contributed by atoms with Gasteiger partial charge in [0, 0.05) is 19.6 Å². The highest BCUT2D eigenvalue weighted by molar-refractivity contribution is 4.82. The average molecular weight is 272 g/mol. The Kier molecular flexibility index (Phi) is 6.05. The molecule has 19 heavy (non-hydrogen) atoms. The van der Waals surface area contributed by atoms with Crippen LogP contribution in [0, 0.1) is 5.92 Å². The standard InChI is InChI=1S/C15H29FN2O/c1-2-3-7-17-8-4-13(5-9-17)11-18-10-6-15(19)14(16)12-18/h13-15,19H,2-12H2,1H3. The number of hydrogen-bond donors (Lipinski definition) is 1. The highest BCUT2D eigenvalue weighted by Crippen LogP contribution is 2.21. The molecule has 0 radical (unpaired) electrons. The van der Waals surface area contributed by atoms with E-state index in [4.69, 9.17) is 0 Å². The molecule has 2 aliphatic heterocycles. The van der Waals surface area contributed by atoms with E-state index in [9.17, 15) is 9.50 Å². The number of rotatable bonds is 5. The Morgan fingerprint density at radius 1 is 1.11 bits per heavy atom. The average Bonchev–Trinajstić information content (AvgIpc) is 2.42. The first-order valence-electron chi connectivity index (χ1n) is 7.96. The van der Waals surface area contributed by atoms with Crippen molar-refractivity contribution in [3.63, 3.8) is 0 Å². The van der Waals surface area contributed by atoms with Crippen molar-refractivity contribution >= 4 is 0 Å². The highest BCUT2D eigenvalue weighted by atomic mass is 19.1. The zero-order valence-corrected chi connectivity index (χ0v) is 12.2. The number of hydrogen-bond acceptors (Lipinski definition) is 3. The molecule has 2 unspecified atom stereocenters. The lowest BCUT2D eigenvalue weighted by Crippen LogP contribution is -2.47. The fourth-order valence-electron chi connectivity index (χ4n) is 3.26. The molecule has 2 saturated heterocycles. The lowest BCUT2D eigenvalue weighted by atomic mass is 9.94. The Morgan fingerprint density at radius 2 is 1.79 bits per heavy atom. The van der Waals surface area contributed by atoms with Gasteiger partial charge in [0.1, 0.15) is 6.17 Å². The van der Waals surface area contributed by atoms with Crippen LogP contribution >= 0.6 is 0 Å². The van der Waals surface area contributed by atoms with Gasteiger partial charge in [-0.05, 0) is 51.2 Å². The van der Waals surface area contributed by atoms with Crippen molar-refractivity contribution in [2.45, 2.75) is 51.3 Å². The zero-order chi connectivity index (χ0) is 13.7. The van der Waals surface area contributed by atoms with Gasteiger partial charge in [0.05, 0.1) is 6.10 Å². The number of unbranched alkanes of at least 4 members (excludes halogenated alkanes) is 1. The molecule has 0 amide bonds. The molecule has 112 valence electrons. The van der Waals surface area contributed by atoms with Crippen LogP contribution in [0.4, 0.5) is 4.39 Å². The predicted molar refractivity (Wildman–Crippen MR) is 76.0 cm³/mol. The SMILES string of the molecule is CCCCN1CCC(CN2CCC(O)C(F)C2)CC1. The van der Waals surface area contributed by atoms with Crippen molar-refractivity contribution in [1.29, 1.82) is 0 Å². The van der Waals surface area contributed by atoms with E-state index < -0.39 is 12.3 Å². The molecule has 2 aliphatic rings. The number of nitrogens with zero attached hydrogens (tertiary/aromatic N) is 2. The van der Waals surface area contributed by atoms with Crippen molar-refractivity contribution in [2.75, 3.05) is 39.3 Å². The van der Waals surface area contributed by atoms with Crippen LogP contribution in [-0.4, -0.2) is 66.5 Å². The molecule has 3 nitrogen and oxygen atoms in total. The third kappa shape index (κ3) is 4.69. The molecule has 0 spiro atoms. The Hall–Kier alpha value is -0.190. The van der Waals surface area contributed by atoms with Crippen molar-refractivity contribution in [3.8, 4) is 0 Å².